The molecule has 3 rings (SSSR count). The average molecular weight is 409 g/mol. The molecule has 2 saturated heterocycles. The highest BCUT2D eigenvalue weighted by molar-refractivity contribution is 5.85. The predicted molar refractivity (Wildman–Crippen MR) is 95.8 cm³/mol. The van der Waals surface area contributed by atoms with E-state index in [0.717, 1.165) is 6.07 Å². The molecule has 27 heavy (non-hydrogen) atoms. The zero-order valence-corrected chi connectivity index (χ0v) is 15.5. The molecule has 9 heteroatoms. The summed E-state index contributed by atoms with van der Waals surface area (Å²) in [6, 6.07) is 4.85. The number of hydrogen-bond acceptors (Lipinski definition) is 4. The summed E-state index contributed by atoms with van der Waals surface area (Å²) in [5.74, 6) is -0.237. The molecule has 1 amide bonds. The van der Waals surface area contributed by atoms with Crippen molar-refractivity contribution in [1.82, 2.24) is 10.6 Å². The summed E-state index contributed by atoms with van der Waals surface area (Å²) < 4.78 is 44.6. The zero-order chi connectivity index (χ0) is 18.8. The SMILES string of the molecule is Cl.O=C(NCC1(c2cccc(C(F)(F)F)c2)CCOCC1)C1CC(O)CN1. The van der Waals surface area contributed by atoms with Crippen LogP contribution in [0.25, 0.3) is 0 Å². The van der Waals surface area contributed by atoms with Gasteiger partial charge in [0.05, 0.1) is 17.7 Å². The van der Waals surface area contributed by atoms with E-state index in [0.29, 0.717) is 44.6 Å². The molecule has 2 atom stereocenters. The second kappa shape index (κ2) is 8.77. The molecule has 3 N–H and O–H groups in total. The summed E-state index contributed by atoms with van der Waals surface area (Å²) in [5.41, 5.74) is -0.713. The Kier molecular flexibility index (Phi) is 7.13. The maximum Gasteiger partial charge on any atom is 0.416 e. The van der Waals surface area contributed by atoms with Crippen molar-refractivity contribution in [1.29, 1.82) is 0 Å². The van der Waals surface area contributed by atoms with E-state index >= 15 is 0 Å². The Hall–Kier alpha value is -1.35. The lowest BCUT2D eigenvalue weighted by molar-refractivity contribution is -0.137. The van der Waals surface area contributed by atoms with Crippen molar-refractivity contribution in [3.8, 4) is 0 Å². The highest BCUT2D eigenvalue weighted by Gasteiger charge is 2.38. The van der Waals surface area contributed by atoms with Gasteiger partial charge in [0.1, 0.15) is 0 Å². The van der Waals surface area contributed by atoms with Gasteiger partial charge in [-0.15, -0.1) is 12.4 Å². The second-order valence-corrected chi connectivity index (χ2v) is 7.04. The van der Waals surface area contributed by atoms with E-state index in [-0.39, 0.29) is 24.9 Å². The van der Waals surface area contributed by atoms with Gasteiger partial charge in [0.25, 0.3) is 0 Å². The number of ether oxygens (including phenoxy) is 1. The number of nitrogens with one attached hydrogen (secondary N) is 2. The fourth-order valence-electron chi connectivity index (χ4n) is 3.65. The molecular weight excluding hydrogens is 385 g/mol. The average Bonchev–Trinajstić information content (AvgIpc) is 3.06. The molecule has 2 fully saturated rings. The summed E-state index contributed by atoms with van der Waals surface area (Å²) in [5, 5.41) is 15.3. The van der Waals surface area contributed by atoms with Crippen molar-refractivity contribution in [2.24, 2.45) is 0 Å². The summed E-state index contributed by atoms with van der Waals surface area (Å²) in [7, 11) is 0. The van der Waals surface area contributed by atoms with Gasteiger partial charge in [-0.3, -0.25) is 4.79 Å². The van der Waals surface area contributed by atoms with Gasteiger partial charge in [-0.05, 0) is 30.9 Å². The highest BCUT2D eigenvalue weighted by Crippen LogP contribution is 2.37. The molecule has 2 aliphatic rings. The van der Waals surface area contributed by atoms with Crippen LogP contribution in [0.5, 0.6) is 0 Å². The maximum absolute atomic E-state index is 13.1. The number of carbonyl (C=O) groups is 1. The Balaban J connectivity index is 0.00000261. The minimum Gasteiger partial charge on any atom is -0.392 e. The molecular formula is C18H24ClF3N2O3. The molecule has 5 nitrogen and oxygen atoms in total. The summed E-state index contributed by atoms with van der Waals surface area (Å²) >= 11 is 0. The van der Waals surface area contributed by atoms with Gasteiger partial charge < -0.3 is 20.5 Å². The summed E-state index contributed by atoms with van der Waals surface area (Å²) in [6.45, 7) is 1.48. The van der Waals surface area contributed by atoms with Crippen LogP contribution in [0.15, 0.2) is 24.3 Å². The van der Waals surface area contributed by atoms with Crippen LogP contribution in [0.3, 0.4) is 0 Å². The number of aliphatic hydroxyl groups excluding tert-OH is 1. The molecule has 2 heterocycles. The number of hydrogen-bond donors (Lipinski definition) is 3. The number of halogens is 4. The molecule has 1 aromatic carbocycles. The minimum absolute atomic E-state index is 0. The topological polar surface area (TPSA) is 70.6 Å². The van der Waals surface area contributed by atoms with E-state index in [4.69, 9.17) is 4.74 Å². The first-order chi connectivity index (χ1) is 12.3. The summed E-state index contributed by atoms with van der Waals surface area (Å²) in [6.07, 6.45) is -3.54. The van der Waals surface area contributed by atoms with Crippen molar-refractivity contribution in [3.63, 3.8) is 0 Å². The van der Waals surface area contributed by atoms with E-state index in [1.54, 1.807) is 6.07 Å². The third-order valence-corrected chi connectivity index (χ3v) is 5.28. The fourth-order valence-corrected chi connectivity index (χ4v) is 3.65. The Labute approximate surface area is 162 Å². The molecule has 1 aromatic rings. The van der Waals surface area contributed by atoms with Gasteiger partial charge in [0.15, 0.2) is 0 Å². The van der Waals surface area contributed by atoms with Crippen molar-refractivity contribution in [2.75, 3.05) is 26.3 Å². The second-order valence-electron chi connectivity index (χ2n) is 7.04. The van der Waals surface area contributed by atoms with Crippen LogP contribution in [0.1, 0.15) is 30.4 Å². The van der Waals surface area contributed by atoms with E-state index < -0.39 is 29.3 Å². The van der Waals surface area contributed by atoms with Gasteiger partial charge in [-0.1, -0.05) is 18.2 Å². The Morgan fingerprint density at radius 1 is 1.33 bits per heavy atom. The van der Waals surface area contributed by atoms with Crippen molar-refractivity contribution in [2.45, 2.75) is 43.0 Å². The van der Waals surface area contributed by atoms with Gasteiger partial charge in [0, 0.05) is 31.7 Å². The number of β-amino-alcohol motifs (C(OH)–C–C–N with tert-alkyl or cyclic N) is 1. The molecule has 152 valence electrons. The number of aliphatic hydroxyl groups is 1. The standard InChI is InChI=1S/C18H23F3N2O3.ClH/c19-18(20,21)13-3-1-2-12(8-13)17(4-6-26-7-5-17)11-23-16(25)15-9-14(24)10-22-15;/h1-3,8,14-15,22,24H,4-7,9-11H2,(H,23,25);1H. The van der Waals surface area contributed by atoms with Crippen LogP contribution in [0.4, 0.5) is 13.2 Å². The van der Waals surface area contributed by atoms with Crippen molar-refractivity contribution < 1.29 is 27.8 Å². The number of rotatable bonds is 4. The summed E-state index contributed by atoms with van der Waals surface area (Å²) in [4.78, 5) is 12.3. The van der Waals surface area contributed by atoms with Crippen LogP contribution < -0.4 is 10.6 Å². The number of alkyl halides is 3. The molecule has 0 bridgehead atoms. The van der Waals surface area contributed by atoms with Crippen LogP contribution >= 0.6 is 12.4 Å². The third kappa shape index (κ3) is 5.13. The molecule has 2 unspecified atom stereocenters. The largest absolute Gasteiger partial charge is 0.416 e. The zero-order valence-electron chi connectivity index (χ0n) is 14.7. The molecule has 0 radical (unpaired) electrons. The maximum atomic E-state index is 13.1. The first-order valence-electron chi connectivity index (χ1n) is 8.75. The van der Waals surface area contributed by atoms with E-state index in [2.05, 4.69) is 10.6 Å². The van der Waals surface area contributed by atoms with Gasteiger partial charge in [0.2, 0.25) is 5.91 Å². The lowest BCUT2D eigenvalue weighted by Crippen LogP contribution is -2.48. The number of amides is 1. The van der Waals surface area contributed by atoms with Crippen LogP contribution in [-0.2, 0) is 21.1 Å². The first-order valence-corrected chi connectivity index (χ1v) is 8.75. The van der Waals surface area contributed by atoms with E-state index in [1.807, 2.05) is 0 Å². The quantitative estimate of drug-likeness (QED) is 0.713. The molecule has 0 spiro atoms. The van der Waals surface area contributed by atoms with Crippen LogP contribution in [-0.4, -0.2) is 49.5 Å². The Bertz CT molecular complexity index is 651. The van der Waals surface area contributed by atoms with Gasteiger partial charge >= 0.3 is 6.18 Å². The van der Waals surface area contributed by atoms with Gasteiger partial charge in [-0.25, -0.2) is 0 Å². The number of benzene rings is 1. The molecule has 0 saturated carbocycles. The van der Waals surface area contributed by atoms with Crippen molar-refractivity contribution in [3.05, 3.63) is 35.4 Å². The third-order valence-electron chi connectivity index (χ3n) is 5.28. The van der Waals surface area contributed by atoms with Gasteiger partial charge in [-0.2, -0.15) is 13.2 Å². The lowest BCUT2D eigenvalue weighted by atomic mass is 9.73. The smallest absolute Gasteiger partial charge is 0.392 e. The Morgan fingerprint density at radius 3 is 2.63 bits per heavy atom. The number of carbonyl (C=O) groups excluding carboxylic acids is 1. The lowest BCUT2D eigenvalue weighted by Gasteiger charge is -2.38. The minimum atomic E-state index is -4.41. The van der Waals surface area contributed by atoms with E-state index in [1.165, 1.54) is 12.1 Å². The Morgan fingerprint density at radius 2 is 2.04 bits per heavy atom. The molecule has 0 aliphatic carbocycles. The van der Waals surface area contributed by atoms with Crippen LogP contribution in [0.2, 0.25) is 0 Å². The highest BCUT2D eigenvalue weighted by atomic mass is 35.5. The monoisotopic (exact) mass is 408 g/mol. The normalized spacial score (nSPS) is 24.9. The van der Waals surface area contributed by atoms with E-state index in [9.17, 15) is 23.1 Å². The molecule has 2 aliphatic heterocycles. The fraction of sp³-hybridized carbons (Fsp3) is 0.611. The van der Waals surface area contributed by atoms with Crippen LogP contribution in [0, 0.1) is 0 Å². The first kappa shape index (κ1) is 21.9. The molecule has 0 aromatic heterocycles. The van der Waals surface area contributed by atoms with Crippen molar-refractivity contribution >= 4 is 18.3 Å². The predicted octanol–water partition coefficient (Wildman–Crippen LogP) is 2.01.